The second-order valence-corrected chi connectivity index (χ2v) is 7.99. The molecule has 0 saturated carbocycles. The minimum absolute atomic E-state index is 0.0650. The molecule has 3 aromatic rings. The number of fused-ring (bicyclic) bond motifs is 3. The van der Waals surface area contributed by atoms with Crippen LogP contribution >= 0.6 is 11.3 Å². The minimum Gasteiger partial charge on any atom is -0.468 e. The molecule has 0 bridgehead atoms. The molecule has 2 N–H and O–H groups in total. The van der Waals surface area contributed by atoms with Gasteiger partial charge in [-0.25, -0.2) is 4.98 Å². The van der Waals surface area contributed by atoms with E-state index in [2.05, 4.69) is 4.98 Å². The van der Waals surface area contributed by atoms with Gasteiger partial charge in [0.1, 0.15) is 16.4 Å². The summed E-state index contributed by atoms with van der Waals surface area (Å²) in [5, 5.41) is 10.9. The Hall–Kier alpha value is -2.00. The van der Waals surface area contributed by atoms with Crippen molar-refractivity contribution in [3.63, 3.8) is 0 Å². The number of nitrogens with zero attached hydrogens (tertiary/aromatic N) is 2. The van der Waals surface area contributed by atoms with Crippen LogP contribution in [0.25, 0.3) is 10.2 Å². The SMILES string of the molecule is COCC(O)CN(Cc1nc2sc3c(c2c(=O)[nH]1)CCC3)Cc1ccco1. The maximum Gasteiger partial charge on any atom is 0.259 e. The molecule has 27 heavy (non-hydrogen) atoms. The number of nitrogens with one attached hydrogen (secondary N) is 1. The van der Waals surface area contributed by atoms with Gasteiger partial charge in [-0.3, -0.25) is 9.69 Å². The van der Waals surface area contributed by atoms with Gasteiger partial charge in [0.15, 0.2) is 0 Å². The molecule has 0 radical (unpaired) electrons. The van der Waals surface area contributed by atoms with Gasteiger partial charge in [0.25, 0.3) is 5.56 Å². The Morgan fingerprint density at radius 2 is 2.33 bits per heavy atom. The molecular formula is C19H23N3O4S. The first-order chi connectivity index (χ1) is 13.1. The Balaban J connectivity index is 1.58. The van der Waals surface area contributed by atoms with E-state index in [9.17, 15) is 9.90 Å². The predicted octanol–water partition coefficient (Wildman–Crippen LogP) is 2.08. The quantitative estimate of drug-likeness (QED) is 0.613. The van der Waals surface area contributed by atoms with Crippen LogP contribution in [0.1, 0.15) is 28.4 Å². The van der Waals surface area contributed by atoms with E-state index in [1.54, 1.807) is 24.7 Å². The van der Waals surface area contributed by atoms with Crippen molar-refractivity contribution in [1.82, 2.24) is 14.9 Å². The second-order valence-electron chi connectivity index (χ2n) is 6.91. The number of ether oxygens (including phenoxy) is 1. The normalized spacial score (nSPS) is 14.9. The summed E-state index contributed by atoms with van der Waals surface area (Å²) in [6.45, 7) is 1.55. The molecule has 1 atom stereocenters. The molecule has 8 heteroatoms. The van der Waals surface area contributed by atoms with Gasteiger partial charge in [0.2, 0.25) is 0 Å². The third-order valence-electron chi connectivity index (χ3n) is 4.79. The number of furan rings is 1. The number of aliphatic hydroxyl groups is 1. The van der Waals surface area contributed by atoms with Crippen molar-refractivity contribution in [2.24, 2.45) is 0 Å². The van der Waals surface area contributed by atoms with Gasteiger partial charge in [-0.2, -0.15) is 0 Å². The number of rotatable bonds is 8. The molecule has 0 aromatic carbocycles. The number of hydrogen-bond donors (Lipinski definition) is 2. The molecule has 0 saturated heterocycles. The van der Waals surface area contributed by atoms with Crippen LogP contribution in [0.4, 0.5) is 0 Å². The fourth-order valence-electron chi connectivity index (χ4n) is 3.68. The average molecular weight is 389 g/mol. The third kappa shape index (κ3) is 3.98. The van der Waals surface area contributed by atoms with Gasteiger partial charge < -0.3 is 19.2 Å². The van der Waals surface area contributed by atoms with E-state index < -0.39 is 6.10 Å². The zero-order valence-electron chi connectivity index (χ0n) is 15.2. The van der Waals surface area contributed by atoms with Crippen molar-refractivity contribution >= 4 is 21.6 Å². The molecular weight excluding hydrogens is 366 g/mol. The van der Waals surface area contributed by atoms with E-state index >= 15 is 0 Å². The van der Waals surface area contributed by atoms with Crippen molar-refractivity contribution in [2.75, 3.05) is 20.3 Å². The molecule has 144 valence electrons. The van der Waals surface area contributed by atoms with Gasteiger partial charge in [0, 0.05) is 18.5 Å². The van der Waals surface area contributed by atoms with Crippen molar-refractivity contribution < 1.29 is 14.3 Å². The zero-order chi connectivity index (χ0) is 18.8. The number of H-pyrrole nitrogens is 1. The summed E-state index contributed by atoms with van der Waals surface area (Å²) in [7, 11) is 1.56. The van der Waals surface area contributed by atoms with Crippen LogP contribution < -0.4 is 5.56 Å². The van der Waals surface area contributed by atoms with Gasteiger partial charge in [0.05, 0.1) is 37.4 Å². The van der Waals surface area contributed by atoms with Crippen LogP contribution in [0.5, 0.6) is 0 Å². The number of thiophene rings is 1. The summed E-state index contributed by atoms with van der Waals surface area (Å²) in [5.41, 5.74) is 1.11. The molecule has 0 spiro atoms. The minimum atomic E-state index is -0.633. The van der Waals surface area contributed by atoms with Crippen molar-refractivity contribution in [3.05, 3.63) is 50.8 Å². The first-order valence-electron chi connectivity index (χ1n) is 9.09. The Kier molecular flexibility index (Phi) is 5.40. The van der Waals surface area contributed by atoms with E-state index in [0.717, 1.165) is 35.2 Å². The number of aliphatic hydroxyl groups excluding tert-OH is 1. The Morgan fingerprint density at radius 3 is 3.11 bits per heavy atom. The molecule has 0 amide bonds. The van der Waals surface area contributed by atoms with Crippen LogP contribution in [0.3, 0.4) is 0 Å². The number of hydrogen-bond acceptors (Lipinski definition) is 7. The number of aryl methyl sites for hydroxylation is 2. The summed E-state index contributed by atoms with van der Waals surface area (Å²) in [5.74, 6) is 1.39. The Morgan fingerprint density at radius 1 is 1.44 bits per heavy atom. The maximum atomic E-state index is 12.6. The highest BCUT2D eigenvalue weighted by Gasteiger charge is 2.22. The van der Waals surface area contributed by atoms with Crippen LogP contribution in [0.15, 0.2) is 27.6 Å². The number of aromatic amines is 1. The van der Waals surface area contributed by atoms with Crippen molar-refractivity contribution in [3.8, 4) is 0 Å². The zero-order valence-corrected chi connectivity index (χ0v) is 16.1. The highest BCUT2D eigenvalue weighted by molar-refractivity contribution is 7.18. The largest absolute Gasteiger partial charge is 0.468 e. The molecule has 1 aliphatic rings. The lowest BCUT2D eigenvalue weighted by Crippen LogP contribution is -2.35. The van der Waals surface area contributed by atoms with Crippen LogP contribution in [0.2, 0.25) is 0 Å². The van der Waals surface area contributed by atoms with Gasteiger partial charge in [-0.1, -0.05) is 0 Å². The topological polar surface area (TPSA) is 91.6 Å². The fraction of sp³-hybridized carbons (Fsp3) is 0.474. The standard InChI is InChI=1S/C19H23N3O4S/c1-25-11-12(23)8-22(9-13-4-3-7-26-13)10-16-20-18(24)17-14-5-2-6-15(14)27-19(17)21-16/h3-4,7,12,23H,2,5-6,8-11H2,1H3,(H,20,21,24). The number of aromatic nitrogens is 2. The Labute approximate surface area is 160 Å². The van der Waals surface area contributed by atoms with Crippen molar-refractivity contribution in [1.29, 1.82) is 0 Å². The summed E-state index contributed by atoms with van der Waals surface area (Å²) in [6.07, 6.45) is 4.11. The monoisotopic (exact) mass is 389 g/mol. The predicted molar refractivity (Wildman–Crippen MR) is 103 cm³/mol. The van der Waals surface area contributed by atoms with E-state index in [1.165, 1.54) is 10.4 Å². The van der Waals surface area contributed by atoms with Gasteiger partial charge in [-0.05, 0) is 37.0 Å². The Bertz CT molecular complexity index is 963. The highest BCUT2D eigenvalue weighted by Crippen LogP contribution is 2.34. The molecule has 3 heterocycles. The smallest absolute Gasteiger partial charge is 0.259 e. The summed E-state index contributed by atoms with van der Waals surface area (Å²) in [4.78, 5) is 24.4. The molecule has 1 unspecified atom stereocenters. The van der Waals surface area contributed by atoms with E-state index in [4.69, 9.17) is 14.1 Å². The molecule has 3 aromatic heterocycles. The van der Waals surface area contributed by atoms with Crippen LogP contribution in [0, 0.1) is 0 Å². The first-order valence-corrected chi connectivity index (χ1v) is 9.91. The van der Waals surface area contributed by atoms with Gasteiger partial charge >= 0.3 is 0 Å². The lowest BCUT2D eigenvalue weighted by molar-refractivity contribution is 0.0317. The van der Waals surface area contributed by atoms with Crippen molar-refractivity contribution in [2.45, 2.75) is 38.5 Å². The van der Waals surface area contributed by atoms with E-state index in [1.807, 2.05) is 17.0 Å². The average Bonchev–Trinajstić information content (AvgIpc) is 3.31. The van der Waals surface area contributed by atoms with E-state index in [-0.39, 0.29) is 12.2 Å². The highest BCUT2D eigenvalue weighted by atomic mass is 32.1. The van der Waals surface area contributed by atoms with Crippen LogP contribution in [-0.4, -0.2) is 46.3 Å². The second kappa shape index (κ2) is 7.93. The van der Waals surface area contributed by atoms with E-state index in [0.29, 0.717) is 25.5 Å². The summed E-state index contributed by atoms with van der Waals surface area (Å²) >= 11 is 1.63. The molecule has 1 aliphatic carbocycles. The molecule has 7 nitrogen and oxygen atoms in total. The van der Waals surface area contributed by atoms with Crippen LogP contribution in [-0.2, 0) is 30.7 Å². The molecule has 4 rings (SSSR count). The lowest BCUT2D eigenvalue weighted by Gasteiger charge is -2.23. The molecule has 0 fully saturated rings. The molecule has 0 aliphatic heterocycles. The summed E-state index contributed by atoms with van der Waals surface area (Å²) in [6, 6.07) is 3.72. The lowest BCUT2D eigenvalue weighted by atomic mass is 10.2. The van der Waals surface area contributed by atoms with Gasteiger partial charge in [-0.15, -0.1) is 11.3 Å². The fourth-order valence-corrected chi connectivity index (χ4v) is 4.97. The first kappa shape index (κ1) is 18.4. The third-order valence-corrected chi connectivity index (χ3v) is 5.97. The number of methoxy groups -OCH3 is 1. The maximum absolute atomic E-state index is 12.6. The summed E-state index contributed by atoms with van der Waals surface area (Å²) < 4.78 is 10.5.